The molecule has 11 heavy (non-hydrogen) atoms. The fourth-order valence-corrected chi connectivity index (χ4v) is 1.34. The summed E-state index contributed by atoms with van der Waals surface area (Å²) in [5, 5.41) is 0. The molecule has 1 aliphatic heterocycles. The van der Waals surface area contributed by atoms with Gasteiger partial charge in [0.2, 0.25) is 0 Å². The van der Waals surface area contributed by atoms with Crippen LogP contribution in [-0.2, 0) is 9.47 Å². The van der Waals surface area contributed by atoms with Gasteiger partial charge in [0.05, 0.1) is 11.9 Å². The summed E-state index contributed by atoms with van der Waals surface area (Å²) in [7, 11) is 0. The molecule has 1 rings (SSSR count). The third-order valence-corrected chi connectivity index (χ3v) is 2.06. The van der Waals surface area contributed by atoms with E-state index in [0.717, 1.165) is 13.0 Å². The van der Waals surface area contributed by atoms with Crippen LogP contribution in [0.25, 0.3) is 0 Å². The fourth-order valence-electron chi connectivity index (χ4n) is 1.34. The van der Waals surface area contributed by atoms with Crippen LogP contribution in [0, 0.1) is 0 Å². The molecule has 0 N–H and O–H groups in total. The van der Waals surface area contributed by atoms with E-state index in [1.54, 1.807) is 0 Å². The van der Waals surface area contributed by atoms with E-state index in [2.05, 4.69) is 13.5 Å². The van der Waals surface area contributed by atoms with Crippen LogP contribution >= 0.6 is 0 Å². The summed E-state index contributed by atoms with van der Waals surface area (Å²) in [5.74, 6) is 0. The van der Waals surface area contributed by atoms with Crippen molar-refractivity contribution < 1.29 is 9.47 Å². The number of hydrogen-bond donors (Lipinski definition) is 0. The lowest BCUT2D eigenvalue weighted by Gasteiger charge is -2.32. The Morgan fingerprint density at radius 3 is 3.00 bits per heavy atom. The smallest absolute Gasteiger partial charge is 0.116 e. The molecule has 0 radical (unpaired) electrons. The molecular weight excluding hydrogens is 140 g/mol. The van der Waals surface area contributed by atoms with E-state index in [0.29, 0.717) is 6.61 Å². The van der Waals surface area contributed by atoms with Crippen LogP contribution in [0.5, 0.6) is 0 Å². The summed E-state index contributed by atoms with van der Waals surface area (Å²) >= 11 is 0. The van der Waals surface area contributed by atoms with Crippen molar-refractivity contribution in [3.8, 4) is 0 Å². The predicted octanol–water partition coefficient (Wildman–Crippen LogP) is 2.11. The van der Waals surface area contributed by atoms with Gasteiger partial charge in [-0.15, -0.1) is 0 Å². The molecule has 0 aliphatic carbocycles. The average molecular weight is 156 g/mol. The van der Waals surface area contributed by atoms with Gasteiger partial charge in [-0.2, -0.15) is 0 Å². The Balaban J connectivity index is 2.30. The third kappa shape index (κ3) is 2.54. The molecule has 1 unspecified atom stereocenters. The molecule has 2 nitrogen and oxygen atoms in total. The number of ether oxygens (including phenoxy) is 2. The zero-order chi connectivity index (χ0) is 8.16. The molecule has 0 aromatic rings. The van der Waals surface area contributed by atoms with E-state index in [1.165, 1.54) is 19.1 Å². The Morgan fingerprint density at radius 2 is 2.45 bits per heavy atom. The second kappa shape index (κ2) is 3.77. The van der Waals surface area contributed by atoms with E-state index in [1.807, 2.05) is 0 Å². The van der Waals surface area contributed by atoms with Gasteiger partial charge in [-0.1, -0.05) is 6.58 Å². The normalized spacial score (nSPS) is 31.4. The minimum absolute atomic E-state index is 0.0631. The molecule has 1 fully saturated rings. The molecular formula is C9H16O2. The van der Waals surface area contributed by atoms with E-state index in [-0.39, 0.29) is 5.60 Å². The highest BCUT2D eigenvalue weighted by molar-refractivity contribution is 4.78. The van der Waals surface area contributed by atoms with Gasteiger partial charge in [-0.25, -0.2) is 0 Å². The van der Waals surface area contributed by atoms with Crippen LogP contribution in [0.1, 0.15) is 26.2 Å². The topological polar surface area (TPSA) is 18.5 Å². The highest BCUT2D eigenvalue weighted by atomic mass is 16.5. The second-order valence-electron chi connectivity index (χ2n) is 3.23. The Morgan fingerprint density at radius 1 is 1.64 bits per heavy atom. The maximum absolute atomic E-state index is 5.59. The van der Waals surface area contributed by atoms with Crippen molar-refractivity contribution in [3.05, 3.63) is 12.8 Å². The number of rotatable bonds is 3. The lowest BCUT2D eigenvalue weighted by Crippen LogP contribution is -2.37. The standard InChI is InChI=1S/C9H16O2/c1-3-10-8-9(2)6-4-5-7-11-9/h3H,1,4-8H2,2H3. The van der Waals surface area contributed by atoms with Crippen LogP contribution in [-0.4, -0.2) is 18.8 Å². The summed E-state index contributed by atoms with van der Waals surface area (Å²) < 4.78 is 10.7. The molecule has 0 aromatic heterocycles. The number of hydrogen-bond acceptors (Lipinski definition) is 2. The SMILES string of the molecule is C=COCC1(C)CCCCO1. The van der Waals surface area contributed by atoms with Gasteiger partial charge < -0.3 is 9.47 Å². The lowest BCUT2D eigenvalue weighted by molar-refractivity contribution is -0.0967. The van der Waals surface area contributed by atoms with Gasteiger partial charge in [0.15, 0.2) is 0 Å². The molecule has 1 saturated heterocycles. The molecule has 64 valence electrons. The van der Waals surface area contributed by atoms with Crippen molar-refractivity contribution in [1.29, 1.82) is 0 Å². The first-order valence-corrected chi connectivity index (χ1v) is 4.13. The van der Waals surface area contributed by atoms with Crippen molar-refractivity contribution in [2.24, 2.45) is 0 Å². The van der Waals surface area contributed by atoms with Gasteiger partial charge in [-0.3, -0.25) is 0 Å². The highest BCUT2D eigenvalue weighted by Gasteiger charge is 2.27. The summed E-state index contributed by atoms with van der Waals surface area (Å²) in [5.41, 5.74) is -0.0631. The van der Waals surface area contributed by atoms with Crippen molar-refractivity contribution in [3.63, 3.8) is 0 Å². The van der Waals surface area contributed by atoms with E-state index in [4.69, 9.17) is 9.47 Å². The van der Waals surface area contributed by atoms with Crippen molar-refractivity contribution in [1.82, 2.24) is 0 Å². The van der Waals surface area contributed by atoms with Crippen LogP contribution in [0.4, 0.5) is 0 Å². The lowest BCUT2D eigenvalue weighted by atomic mass is 9.97. The minimum Gasteiger partial charge on any atom is -0.499 e. The first kappa shape index (κ1) is 8.60. The first-order valence-electron chi connectivity index (χ1n) is 4.13. The van der Waals surface area contributed by atoms with Crippen LogP contribution in [0.2, 0.25) is 0 Å². The monoisotopic (exact) mass is 156 g/mol. The maximum Gasteiger partial charge on any atom is 0.116 e. The Kier molecular flexibility index (Phi) is 2.94. The van der Waals surface area contributed by atoms with Crippen molar-refractivity contribution in [2.45, 2.75) is 31.8 Å². The molecule has 1 atom stereocenters. The summed E-state index contributed by atoms with van der Waals surface area (Å²) in [6.45, 7) is 7.10. The quantitative estimate of drug-likeness (QED) is 0.582. The van der Waals surface area contributed by atoms with E-state index in [9.17, 15) is 0 Å². The summed E-state index contributed by atoms with van der Waals surface area (Å²) in [4.78, 5) is 0. The first-order chi connectivity index (χ1) is 5.27. The second-order valence-corrected chi connectivity index (χ2v) is 3.23. The zero-order valence-corrected chi connectivity index (χ0v) is 7.14. The molecule has 1 heterocycles. The molecule has 0 saturated carbocycles. The van der Waals surface area contributed by atoms with Crippen molar-refractivity contribution in [2.75, 3.05) is 13.2 Å². The summed E-state index contributed by atoms with van der Waals surface area (Å²) in [6.07, 6.45) is 5.00. The van der Waals surface area contributed by atoms with Gasteiger partial charge in [-0.05, 0) is 26.2 Å². The molecule has 2 heteroatoms. The molecule has 0 spiro atoms. The zero-order valence-electron chi connectivity index (χ0n) is 7.14. The van der Waals surface area contributed by atoms with Crippen molar-refractivity contribution >= 4 is 0 Å². The summed E-state index contributed by atoms with van der Waals surface area (Å²) in [6, 6.07) is 0. The molecule has 0 amide bonds. The van der Waals surface area contributed by atoms with E-state index >= 15 is 0 Å². The average Bonchev–Trinajstić information content (AvgIpc) is 2.03. The largest absolute Gasteiger partial charge is 0.499 e. The van der Waals surface area contributed by atoms with Gasteiger partial charge in [0, 0.05) is 6.61 Å². The van der Waals surface area contributed by atoms with Crippen LogP contribution in [0.3, 0.4) is 0 Å². The van der Waals surface area contributed by atoms with Gasteiger partial charge in [0.25, 0.3) is 0 Å². The Bertz CT molecular complexity index is 126. The minimum atomic E-state index is -0.0631. The maximum atomic E-state index is 5.59. The molecule has 0 aromatic carbocycles. The van der Waals surface area contributed by atoms with E-state index < -0.39 is 0 Å². The third-order valence-electron chi connectivity index (χ3n) is 2.06. The van der Waals surface area contributed by atoms with Crippen LogP contribution < -0.4 is 0 Å². The van der Waals surface area contributed by atoms with Gasteiger partial charge in [0.1, 0.15) is 6.61 Å². The predicted molar refractivity (Wildman–Crippen MR) is 44.4 cm³/mol. The Hall–Kier alpha value is -0.500. The Labute approximate surface area is 68.2 Å². The molecule has 0 bridgehead atoms. The highest BCUT2D eigenvalue weighted by Crippen LogP contribution is 2.24. The van der Waals surface area contributed by atoms with Crippen LogP contribution in [0.15, 0.2) is 12.8 Å². The fraction of sp³-hybridized carbons (Fsp3) is 0.778. The molecule has 1 aliphatic rings. The van der Waals surface area contributed by atoms with Gasteiger partial charge >= 0.3 is 0 Å².